The van der Waals surface area contributed by atoms with E-state index in [0.29, 0.717) is 12.8 Å². The molecular formula is C20H38F4O2Si2. The molecular weight excluding hydrogens is 404 g/mol. The molecule has 0 aromatic carbocycles. The minimum Gasteiger partial charge on any atom is -0.543 e. The third-order valence-electron chi connectivity index (χ3n) is 5.85. The van der Waals surface area contributed by atoms with Crippen molar-refractivity contribution >= 4 is 16.6 Å². The number of unbranched alkanes of at least 4 members (excludes halogenated alkanes) is 1. The van der Waals surface area contributed by atoms with Gasteiger partial charge in [0, 0.05) is 12.8 Å². The van der Waals surface area contributed by atoms with Gasteiger partial charge in [-0.05, 0) is 49.1 Å². The topological polar surface area (TPSA) is 18.5 Å². The predicted octanol–water partition coefficient (Wildman–Crippen LogP) is 8.81. The molecule has 0 rings (SSSR count). The first-order valence-corrected chi connectivity index (χ1v) is 15.6. The summed E-state index contributed by atoms with van der Waals surface area (Å²) in [5, 5.41) is -0.393. The van der Waals surface area contributed by atoms with Gasteiger partial charge in [0.1, 0.15) is 11.5 Å². The molecule has 0 saturated carbocycles. The fourth-order valence-electron chi connectivity index (χ4n) is 1.86. The molecule has 0 aliphatic rings. The lowest BCUT2D eigenvalue weighted by molar-refractivity contribution is 0.285. The van der Waals surface area contributed by atoms with Gasteiger partial charge in [-0.1, -0.05) is 41.5 Å². The van der Waals surface area contributed by atoms with Gasteiger partial charge in [0.2, 0.25) is 16.6 Å². The summed E-state index contributed by atoms with van der Waals surface area (Å²) < 4.78 is 64.7. The fourth-order valence-corrected chi connectivity index (χ4v) is 4.06. The van der Waals surface area contributed by atoms with E-state index < -0.39 is 28.8 Å². The minimum absolute atomic E-state index is 0.0378. The first kappa shape index (κ1) is 27.2. The van der Waals surface area contributed by atoms with Gasteiger partial charge in [-0.15, -0.1) is 0 Å². The Kier molecular flexibility index (Phi) is 9.56. The van der Waals surface area contributed by atoms with Crippen LogP contribution >= 0.6 is 0 Å². The van der Waals surface area contributed by atoms with Crippen molar-refractivity contribution < 1.29 is 26.4 Å². The summed E-state index contributed by atoms with van der Waals surface area (Å²) in [6.45, 7) is 19.5. The zero-order valence-corrected chi connectivity index (χ0v) is 21.2. The van der Waals surface area contributed by atoms with Crippen LogP contribution in [-0.2, 0) is 8.85 Å². The molecule has 0 fully saturated rings. The van der Waals surface area contributed by atoms with Crippen LogP contribution in [0.3, 0.4) is 0 Å². The largest absolute Gasteiger partial charge is 0.543 e. The van der Waals surface area contributed by atoms with Crippen LogP contribution in [0.2, 0.25) is 36.3 Å². The zero-order valence-electron chi connectivity index (χ0n) is 19.2. The quantitative estimate of drug-likeness (QED) is 0.154. The summed E-state index contributed by atoms with van der Waals surface area (Å²) in [4.78, 5) is 0. The van der Waals surface area contributed by atoms with E-state index >= 15 is 0 Å². The molecule has 0 atom stereocenters. The highest BCUT2D eigenvalue weighted by Crippen LogP contribution is 2.40. The highest BCUT2D eigenvalue weighted by Gasteiger charge is 2.41. The SMILES string of the molecule is CC(C)(C)[Si](C)(C)OC(CCCCC(O[Si](C)(C)C(C)(C)C)=C(F)F)=C(F)F. The molecule has 0 unspecified atom stereocenters. The Morgan fingerprint density at radius 2 is 0.857 bits per heavy atom. The third-order valence-corrected chi connectivity index (χ3v) is 14.6. The monoisotopic (exact) mass is 442 g/mol. The predicted molar refractivity (Wildman–Crippen MR) is 114 cm³/mol. The van der Waals surface area contributed by atoms with Crippen molar-refractivity contribution in [3.8, 4) is 0 Å². The average Bonchev–Trinajstić information content (AvgIpc) is 2.45. The second-order valence-corrected chi connectivity index (χ2v) is 19.7. The molecule has 0 radical (unpaired) electrons. The van der Waals surface area contributed by atoms with Crippen LogP contribution in [0.4, 0.5) is 17.6 Å². The third kappa shape index (κ3) is 8.31. The first-order valence-electron chi connectivity index (χ1n) is 9.78. The van der Waals surface area contributed by atoms with Crippen molar-refractivity contribution in [1.82, 2.24) is 0 Å². The maximum atomic E-state index is 13.3. The molecule has 28 heavy (non-hydrogen) atoms. The van der Waals surface area contributed by atoms with Crippen LogP contribution in [0.1, 0.15) is 67.2 Å². The summed E-state index contributed by atoms with van der Waals surface area (Å²) in [7, 11) is -4.74. The first-order chi connectivity index (χ1) is 12.3. The van der Waals surface area contributed by atoms with Gasteiger partial charge < -0.3 is 8.85 Å². The van der Waals surface area contributed by atoms with Gasteiger partial charge >= 0.3 is 12.2 Å². The normalized spacial score (nSPS) is 13.2. The van der Waals surface area contributed by atoms with E-state index in [1.807, 2.05) is 67.7 Å². The fraction of sp³-hybridized carbons (Fsp3) is 0.800. The van der Waals surface area contributed by atoms with Crippen LogP contribution in [0.15, 0.2) is 23.7 Å². The smallest absolute Gasteiger partial charge is 0.306 e. The molecule has 166 valence electrons. The van der Waals surface area contributed by atoms with Gasteiger partial charge in [0.05, 0.1) is 0 Å². The van der Waals surface area contributed by atoms with Crippen LogP contribution in [0.25, 0.3) is 0 Å². The highest BCUT2D eigenvalue weighted by molar-refractivity contribution is 6.74. The molecule has 0 amide bonds. The van der Waals surface area contributed by atoms with Gasteiger partial charge in [0.15, 0.2) is 0 Å². The molecule has 0 heterocycles. The highest BCUT2D eigenvalue weighted by atomic mass is 28.4. The van der Waals surface area contributed by atoms with E-state index in [1.54, 1.807) is 0 Å². The van der Waals surface area contributed by atoms with E-state index in [0.717, 1.165) is 0 Å². The van der Waals surface area contributed by atoms with E-state index in [-0.39, 0.29) is 34.4 Å². The van der Waals surface area contributed by atoms with E-state index in [1.165, 1.54) is 0 Å². The summed E-state index contributed by atoms with van der Waals surface area (Å²) >= 11 is 0. The molecule has 0 aliphatic carbocycles. The van der Waals surface area contributed by atoms with Gasteiger partial charge in [-0.3, -0.25) is 0 Å². The maximum absolute atomic E-state index is 13.3. The Bertz CT molecular complexity index is 526. The zero-order chi connectivity index (χ0) is 22.6. The molecule has 0 spiro atoms. The number of hydrogen-bond donors (Lipinski definition) is 0. The van der Waals surface area contributed by atoms with Gasteiger partial charge in [-0.25, -0.2) is 0 Å². The lowest BCUT2D eigenvalue weighted by Gasteiger charge is -2.37. The maximum Gasteiger partial charge on any atom is 0.306 e. The number of halogens is 4. The summed E-state index contributed by atoms with van der Waals surface area (Å²) in [6, 6.07) is 0. The molecule has 0 aliphatic heterocycles. The van der Waals surface area contributed by atoms with Crippen LogP contribution in [0.5, 0.6) is 0 Å². The van der Waals surface area contributed by atoms with E-state index in [2.05, 4.69) is 0 Å². The van der Waals surface area contributed by atoms with Crippen molar-refractivity contribution in [3.05, 3.63) is 23.7 Å². The van der Waals surface area contributed by atoms with Crippen LogP contribution in [-0.4, -0.2) is 16.6 Å². The van der Waals surface area contributed by atoms with Crippen molar-refractivity contribution in [1.29, 1.82) is 0 Å². The average molecular weight is 443 g/mol. The molecule has 0 saturated heterocycles. The molecule has 0 bridgehead atoms. The van der Waals surface area contributed by atoms with Crippen molar-refractivity contribution in [2.75, 3.05) is 0 Å². The van der Waals surface area contributed by atoms with Crippen molar-refractivity contribution in [3.63, 3.8) is 0 Å². The Morgan fingerprint density at radius 3 is 1.04 bits per heavy atom. The second-order valence-electron chi connectivity index (χ2n) is 10.3. The molecule has 0 aromatic heterocycles. The summed E-state index contributed by atoms with van der Waals surface area (Å²) in [5.74, 6) is -0.605. The lowest BCUT2D eigenvalue weighted by Crippen LogP contribution is -2.40. The second kappa shape index (κ2) is 9.82. The van der Waals surface area contributed by atoms with Crippen LogP contribution in [0, 0.1) is 0 Å². The standard InChI is InChI=1S/C20H38F4O2Si2/c1-19(2,3)27(7,8)25-15(17(21)22)13-11-12-14-16(18(23)24)26-28(9,10)20(4,5)6/h11-14H2,1-10H3. The lowest BCUT2D eigenvalue weighted by atomic mass is 10.1. The molecule has 2 nitrogen and oxygen atoms in total. The van der Waals surface area contributed by atoms with Crippen molar-refractivity contribution in [2.45, 2.75) is 103 Å². The Balaban J connectivity index is 4.93. The Labute approximate surface area is 170 Å². The Hall–Kier alpha value is -0.766. The number of hydrogen-bond acceptors (Lipinski definition) is 2. The van der Waals surface area contributed by atoms with E-state index in [9.17, 15) is 17.6 Å². The summed E-state index contributed by atoms with van der Waals surface area (Å²) in [5.41, 5.74) is 0. The van der Waals surface area contributed by atoms with Crippen LogP contribution < -0.4 is 0 Å². The number of rotatable bonds is 9. The van der Waals surface area contributed by atoms with Gasteiger partial charge in [0.25, 0.3) is 0 Å². The van der Waals surface area contributed by atoms with Crippen molar-refractivity contribution in [2.24, 2.45) is 0 Å². The van der Waals surface area contributed by atoms with E-state index in [4.69, 9.17) is 8.85 Å². The minimum atomic E-state index is -2.37. The molecule has 0 N–H and O–H groups in total. The Morgan fingerprint density at radius 1 is 0.607 bits per heavy atom. The molecule has 0 aromatic rings. The number of allylic oxidation sites excluding steroid dienone is 2. The molecule has 8 heteroatoms. The van der Waals surface area contributed by atoms with Gasteiger partial charge in [-0.2, -0.15) is 17.6 Å². The summed E-state index contributed by atoms with van der Waals surface area (Å²) in [6.07, 6.45) is -2.91.